The summed E-state index contributed by atoms with van der Waals surface area (Å²) >= 11 is 6.01. The van der Waals surface area contributed by atoms with Crippen LogP contribution in [0.25, 0.3) is 0 Å². The van der Waals surface area contributed by atoms with E-state index in [0.29, 0.717) is 17.1 Å². The summed E-state index contributed by atoms with van der Waals surface area (Å²) in [4.78, 5) is 0. The summed E-state index contributed by atoms with van der Waals surface area (Å²) in [5, 5.41) is 23.4. The van der Waals surface area contributed by atoms with Crippen molar-refractivity contribution in [3.8, 4) is 5.75 Å². The van der Waals surface area contributed by atoms with E-state index in [-0.39, 0.29) is 5.75 Å². The quantitative estimate of drug-likeness (QED) is 0.776. The SMILES string of the molecule is CNCC(O)c1c(O)c(Cl)cc2c1CCCC2. The predicted molar refractivity (Wildman–Crippen MR) is 68.6 cm³/mol. The highest BCUT2D eigenvalue weighted by atomic mass is 35.5. The maximum atomic E-state index is 10.1. The Bertz CT molecular complexity index is 420. The Hall–Kier alpha value is -0.770. The molecule has 1 unspecified atom stereocenters. The number of aliphatic hydroxyl groups is 1. The molecule has 94 valence electrons. The van der Waals surface area contributed by atoms with Crippen LogP contribution in [0.3, 0.4) is 0 Å². The Balaban J connectivity index is 2.50. The Labute approximate surface area is 106 Å². The van der Waals surface area contributed by atoms with Crippen molar-refractivity contribution in [1.82, 2.24) is 5.32 Å². The molecule has 0 fully saturated rings. The van der Waals surface area contributed by atoms with Crippen molar-refractivity contribution >= 4 is 11.6 Å². The Kier molecular flexibility index (Phi) is 3.92. The van der Waals surface area contributed by atoms with E-state index in [9.17, 15) is 10.2 Å². The van der Waals surface area contributed by atoms with Crippen LogP contribution >= 0.6 is 11.6 Å². The van der Waals surface area contributed by atoms with Gasteiger partial charge in [0.25, 0.3) is 0 Å². The number of hydrogen-bond donors (Lipinski definition) is 3. The number of hydrogen-bond acceptors (Lipinski definition) is 3. The number of likely N-dealkylation sites (N-methyl/N-ethyl adjacent to an activating group) is 1. The van der Waals surface area contributed by atoms with Crippen LogP contribution in [0.15, 0.2) is 6.07 Å². The summed E-state index contributed by atoms with van der Waals surface area (Å²) in [5.74, 6) is 0.0371. The molecule has 0 saturated carbocycles. The van der Waals surface area contributed by atoms with E-state index in [0.717, 1.165) is 31.2 Å². The number of aliphatic hydroxyl groups excluding tert-OH is 1. The number of fused-ring (bicyclic) bond motifs is 1. The Morgan fingerprint density at radius 3 is 2.82 bits per heavy atom. The zero-order chi connectivity index (χ0) is 12.4. The summed E-state index contributed by atoms with van der Waals surface area (Å²) in [6, 6.07) is 1.83. The van der Waals surface area contributed by atoms with Crippen LogP contribution in [0.4, 0.5) is 0 Å². The third-order valence-corrected chi connectivity index (χ3v) is 3.64. The predicted octanol–water partition coefficient (Wildman–Crippen LogP) is 2.18. The standard InChI is InChI=1S/C13H18ClNO2/c1-15-7-11(16)12-9-5-3-2-4-8(9)6-10(14)13(12)17/h6,11,15-17H,2-5,7H2,1H3. The lowest BCUT2D eigenvalue weighted by Crippen LogP contribution is -2.19. The highest BCUT2D eigenvalue weighted by Gasteiger charge is 2.23. The molecule has 4 heteroatoms. The summed E-state index contributed by atoms with van der Waals surface area (Å²) < 4.78 is 0. The van der Waals surface area contributed by atoms with Gasteiger partial charge in [-0.15, -0.1) is 0 Å². The topological polar surface area (TPSA) is 52.5 Å². The number of aryl methyl sites for hydroxylation is 1. The highest BCUT2D eigenvalue weighted by Crippen LogP contribution is 2.39. The third kappa shape index (κ3) is 2.41. The highest BCUT2D eigenvalue weighted by molar-refractivity contribution is 6.32. The second kappa shape index (κ2) is 5.25. The maximum absolute atomic E-state index is 10.1. The van der Waals surface area contributed by atoms with Gasteiger partial charge in [-0.05, 0) is 49.9 Å². The largest absolute Gasteiger partial charge is 0.506 e. The van der Waals surface area contributed by atoms with Gasteiger partial charge in [0.15, 0.2) is 0 Å². The zero-order valence-corrected chi connectivity index (χ0v) is 10.7. The van der Waals surface area contributed by atoms with Crippen LogP contribution in [0, 0.1) is 0 Å². The lowest BCUT2D eigenvalue weighted by Gasteiger charge is -2.24. The van der Waals surface area contributed by atoms with E-state index in [1.165, 1.54) is 5.56 Å². The molecule has 0 spiro atoms. The first-order chi connectivity index (χ1) is 8.15. The van der Waals surface area contributed by atoms with Gasteiger partial charge in [-0.2, -0.15) is 0 Å². The number of halogens is 1. The molecular formula is C13H18ClNO2. The van der Waals surface area contributed by atoms with Gasteiger partial charge in [-0.25, -0.2) is 0 Å². The van der Waals surface area contributed by atoms with Crippen molar-refractivity contribution in [3.05, 3.63) is 27.8 Å². The van der Waals surface area contributed by atoms with Gasteiger partial charge in [0, 0.05) is 12.1 Å². The number of phenols is 1. The lowest BCUT2D eigenvalue weighted by atomic mass is 9.86. The summed E-state index contributed by atoms with van der Waals surface area (Å²) in [6.07, 6.45) is 3.44. The summed E-state index contributed by atoms with van der Waals surface area (Å²) in [5.41, 5.74) is 2.87. The molecule has 0 heterocycles. The molecule has 1 aliphatic rings. The van der Waals surface area contributed by atoms with Crippen molar-refractivity contribution in [3.63, 3.8) is 0 Å². The number of aromatic hydroxyl groups is 1. The average Bonchev–Trinajstić information content (AvgIpc) is 2.31. The molecule has 2 rings (SSSR count). The second-order valence-corrected chi connectivity index (χ2v) is 4.95. The normalized spacial score (nSPS) is 16.6. The molecule has 1 atom stereocenters. The van der Waals surface area contributed by atoms with Gasteiger partial charge >= 0.3 is 0 Å². The van der Waals surface area contributed by atoms with Gasteiger partial charge in [0.2, 0.25) is 0 Å². The van der Waals surface area contributed by atoms with Crippen LogP contribution in [-0.2, 0) is 12.8 Å². The molecule has 0 amide bonds. The molecule has 3 nitrogen and oxygen atoms in total. The van der Waals surface area contributed by atoms with Gasteiger partial charge in [0.1, 0.15) is 5.75 Å². The average molecular weight is 256 g/mol. The van der Waals surface area contributed by atoms with E-state index in [2.05, 4.69) is 5.32 Å². The van der Waals surface area contributed by atoms with Gasteiger partial charge in [0.05, 0.1) is 11.1 Å². The second-order valence-electron chi connectivity index (χ2n) is 4.54. The monoisotopic (exact) mass is 255 g/mol. The van der Waals surface area contributed by atoms with Crippen LogP contribution in [0.5, 0.6) is 5.75 Å². The van der Waals surface area contributed by atoms with Gasteiger partial charge < -0.3 is 15.5 Å². The van der Waals surface area contributed by atoms with Crippen molar-refractivity contribution in [2.24, 2.45) is 0 Å². The van der Waals surface area contributed by atoms with Crippen LogP contribution in [0.2, 0.25) is 5.02 Å². The van der Waals surface area contributed by atoms with E-state index >= 15 is 0 Å². The molecule has 0 bridgehead atoms. The van der Waals surface area contributed by atoms with Gasteiger partial charge in [-0.3, -0.25) is 0 Å². The van der Waals surface area contributed by atoms with Crippen LogP contribution < -0.4 is 5.32 Å². The molecule has 0 saturated heterocycles. The smallest absolute Gasteiger partial charge is 0.140 e. The van der Waals surface area contributed by atoms with E-state index in [1.807, 2.05) is 6.07 Å². The fourth-order valence-corrected chi connectivity index (χ4v) is 2.78. The molecule has 1 aliphatic carbocycles. The third-order valence-electron chi connectivity index (χ3n) is 3.35. The van der Waals surface area contributed by atoms with Crippen molar-refractivity contribution < 1.29 is 10.2 Å². The minimum absolute atomic E-state index is 0.0371. The van der Waals surface area contributed by atoms with Gasteiger partial charge in [-0.1, -0.05) is 11.6 Å². The van der Waals surface area contributed by atoms with Crippen molar-refractivity contribution in [1.29, 1.82) is 0 Å². The molecule has 0 radical (unpaired) electrons. The zero-order valence-electron chi connectivity index (χ0n) is 9.96. The molecule has 1 aromatic rings. The first-order valence-electron chi connectivity index (χ1n) is 6.01. The molecule has 17 heavy (non-hydrogen) atoms. The molecule has 0 aromatic heterocycles. The fraction of sp³-hybridized carbons (Fsp3) is 0.538. The first-order valence-corrected chi connectivity index (χ1v) is 6.38. The van der Waals surface area contributed by atoms with Crippen molar-refractivity contribution in [2.45, 2.75) is 31.8 Å². The number of rotatable bonds is 3. The molecule has 0 aliphatic heterocycles. The minimum atomic E-state index is -0.703. The Morgan fingerprint density at radius 2 is 2.12 bits per heavy atom. The summed E-state index contributed by atoms with van der Waals surface area (Å²) in [7, 11) is 1.78. The van der Waals surface area contributed by atoms with E-state index in [4.69, 9.17) is 11.6 Å². The van der Waals surface area contributed by atoms with Crippen LogP contribution in [-0.4, -0.2) is 23.8 Å². The maximum Gasteiger partial charge on any atom is 0.140 e. The number of nitrogens with one attached hydrogen (secondary N) is 1. The molecule has 3 N–H and O–H groups in total. The van der Waals surface area contributed by atoms with E-state index in [1.54, 1.807) is 7.05 Å². The lowest BCUT2D eigenvalue weighted by molar-refractivity contribution is 0.172. The van der Waals surface area contributed by atoms with E-state index < -0.39 is 6.10 Å². The fourth-order valence-electron chi connectivity index (χ4n) is 2.54. The number of phenolic OH excluding ortho intramolecular Hbond substituents is 1. The van der Waals surface area contributed by atoms with Crippen LogP contribution in [0.1, 0.15) is 35.6 Å². The van der Waals surface area contributed by atoms with Crippen molar-refractivity contribution in [2.75, 3.05) is 13.6 Å². The molecule has 1 aromatic carbocycles. The minimum Gasteiger partial charge on any atom is -0.506 e. The molecular weight excluding hydrogens is 238 g/mol. The Morgan fingerprint density at radius 1 is 1.41 bits per heavy atom. The summed E-state index contributed by atoms with van der Waals surface area (Å²) in [6.45, 7) is 0.417. The first kappa shape index (κ1) is 12.7. The number of benzene rings is 1.